The number of fused-ring (bicyclic) bond motifs is 1. The lowest BCUT2D eigenvalue weighted by atomic mass is 9.96. The van der Waals surface area contributed by atoms with Gasteiger partial charge in [-0.3, -0.25) is 14.4 Å². The molecule has 0 radical (unpaired) electrons. The summed E-state index contributed by atoms with van der Waals surface area (Å²) in [6.07, 6.45) is 0.707. The van der Waals surface area contributed by atoms with Crippen molar-refractivity contribution >= 4 is 34.6 Å². The van der Waals surface area contributed by atoms with Gasteiger partial charge in [0.25, 0.3) is 0 Å². The summed E-state index contributed by atoms with van der Waals surface area (Å²) in [5, 5.41) is 29.9. The molecule has 6 N–H and O–H groups in total. The zero-order valence-electron chi connectivity index (χ0n) is 26.4. The Morgan fingerprint density at radius 2 is 1.53 bits per heavy atom. The van der Waals surface area contributed by atoms with Crippen LogP contribution in [0, 0.1) is 5.92 Å². The summed E-state index contributed by atoms with van der Waals surface area (Å²) in [7, 11) is 0. The van der Waals surface area contributed by atoms with Crippen LogP contribution in [0.2, 0.25) is 0 Å². The van der Waals surface area contributed by atoms with Crippen LogP contribution in [0.25, 0.3) is 10.8 Å². The lowest BCUT2D eigenvalue weighted by Gasteiger charge is -2.28. The van der Waals surface area contributed by atoms with Gasteiger partial charge in [-0.05, 0) is 34.2 Å². The number of aliphatic carboxylic acids is 1. The molecule has 0 fully saturated rings. The number of H-pyrrole nitrogens is 1. The zero-order valence-corrected chi connectivity index (χ0v) is 26.4. The third-order valence-electron chi connectivity index (χ3n) is 7.63. The van der Waals surface area contributed by atoms with E-state index in [1.807, 2.05) is 86.6 Å². The number of aliphatic hydroxyl groups is 1. The molecule has 4 atom stereocenters. The summed E-state index contributed by atoms with van der Waals surface area (Å²) in [5.41, 5.74) is 2.06. The minimum absolute atomic E-state index is 0.00458. The fourth-order valence-electron chi connectivity index (χ4n) is 5.32. The number of rotatable bonds is 16. The standard InChI is InChI=1S/C35H41N5O7/c1-22(2)15-28(31(41)18-32(42)43)38-34(45)30(17-26-19-36-21-37-26)39-33(44)29(40-35(46)47-20-23-9-4-3-5-10-23)16-25-13-8-12-24-11-6-7-14-27(24)25/h3-14,19,21-22,28-31,41H,15-18,20H2,1-2H3,(H,36,37)(H,38,45)(H,39,44)(H,40,46)(H,42,43)/t28?,29-,30-,31?/m0/s1. The van der Waals surface area contributed by atoms with Crippen molar-refractivity contribution in [1.82, 2.24) is 25.9 Å². The Morgan fingerprint density at radius 3 is 2.23 bits per heavy atom. The molecule has 0 spiro atoms. The van der Waals surface area contributed by atoms with E-state index < -0.39 is 54.5 Å². The Labute approximate surface area is 272 Å². The van der Waals surface area contributed by atoms with Crippen LogP contribution >= 0.6 is 0 Å². The maximum atomic E-state index is 14.0. The van der Waals surface area contributed by atoms with Gasteiger partial charge >= 0.3 is 12.1 Å². The highest BCUT2D eigenvalue weighted by molar-refractivity contribution is 5.93. The van der Waals surface area contributed by atoms with E-state index in [0.29, 0.717) is 12.1 Å². The SMILES string of the molecule is CC(C)CC(NC(=O)[C@H](Cc1c[nH]cn1)NC(=O)[C@H](Cc1cccc2ccccc12)NC(=O)OCc1ccccc1)C(O)CC(=O)O. The Balaban J connectivity index is 1.58. The van der Waals surface area contributed by atoms with Gasteiger partial charge in [0, 0.05) is 19.0 Å². The first-order valence-electron chi connectivity index (χ1n) is 15.5. The van der Waals surface area contributed by atoms with Gasteiger partial charge in [0.2, 0.25) is 11.8 Å². The lowest BCUT2D eigenvalue weighted by Crippen LogP contribution is -2.57. The molecule has 12 heteroatoms. The number of aromatic amines is 1. The average Bonchev–Trinajstić information content (AvgIpc) is 3.56. The van der Waals surface area contributed by atoms with Crippen LogP contribution in [0.3, 0.4) is 0 Å². The quantitative estimate of drug-likeness (QED) is 0.107. The van der Waals surface area contributed by atoms with Crippen LogP contribution in [0.5, 0.6) is 0 Å². The number of carbonyl (C=O) groups is 4. The first-order chi connectivity index (χ1) is 22.6. The van der Waals surface area contributed by atoms with Gasteiger partial charge in [-0.25, -0.2) is 9.78 Å². The fraction of sp³-hybridized carbons (Fsp3) is 0.343. The van der Waals surface area contributed by atoms with Crippen molar-refractivity contribution in [2.75, 3.05) is 0 Å². The van der Waals surface area contributed by atoms with Crippen molar-refractivity contribution in [3.05, 3.63) is 102 Å². The highest BCUT2D eigenvalue weighted by atomic mass is 16.5. The number of carboxylic acids is 1. The molecule has 0 aliphatic carbocycles. The number of hydrogen-bond acceptors (Lipinski definition) is 7. The Kier molecular flexibility index (Phi) is 12.5. The van der Waals surface area contributed by atoms with Crippen molar-refractivity contribution < 1.29 is 34.1 Å². The van der Waals surface area contributed by atoms with Crippen LogP contribution in [0.1, 0.15) is 43.5 Å². The van der Waals surface area contributed by atoms with Gasteiger partial charge < -0.3 is 35.9 Å². The monoisotopic (exact) mass is 643 g/mol. The van der Waals surface area contributed by atoms with E-state index in [9.17, 15) is 29.4 Å². The molecule has 47 heavy (non-hydrogen) atoms. The summed E-state index contributed by atoms with van der Waals surface area (Å²) >= 11 is 0. The smallest absolute Gasteiger partial charge is 0.408 e. The number of carboxylic acid groups (broad SMARTS) is 1. The third kappa shape index (κ3) is 10.7. The summed E-state index contributed by atoms with van der Waals surface area (Å²) in [4.78, 5) is 59.0. The molecule has 0 aliphatic rings. The summed E-state index contributed by atoms with van der Waals surface area (Å²) < 4.78 is 5.42. The number of nitrogens with one attached hydrogen (secondary N) is 4. The summed E-state index contributed by atoms with van der Waals surface area (Å²) in [6.45, 7) is 3.77. The average molecular weight is 644 g/mol. The number of benzene rings is 3. The number of ether oxygens (including phenoxy) is 1. The van der Waals surface area contributed by atoms with E-state index in [0.717, 1.165) is 21.9 Å². The largest absolute Gasteiger partial charge is 0.481 e. The number of alkyl carbamates (subject to hydrolysis) is 1. The number of hydrogen-bond donors (Lipinski definition) is 6. The number of nitrogens with zero attached hydrogens (tertiary/aromatic N) is 1. The van der Waals surface area contributed by atoms with Gasteiger partial charge in [-0.2, -0.15) is 0 Å². The summed E-state index contributed by atoms with van der Waals surface area (Å²) in [5.74, 6) is -2.45. The first-order valence-corrected chi connectivity index (χ1v) is 15.5. The second-order valence-corrected chi connectivity index (χ2v) is 11.8. The predicted molar refractivity (Wildman–Crippen MR) is 175 cm³/mol. The number of carbonyl (C=O) groups excluding carboxylic acids is 3. The Hall–Kier alpha value is -5.23. The van der Waals surface area contributed by atoms with Crippen molar-refractivity contribution in [1.29, 1.82) is 0 Å². The van der Waals surface area contributed by atoms with Crippen LogP contribution in [-0.2, 0) is 38.6 Å². The molecule has 0 saturated heterocycles. The van der Waals surface area contributed by atoms with Gasteiger partial charge in [0.1, 0.15) is 18.7 Å². The minimum atomic E-state index is -1.35. The molecule has 3 aromatic carbocycles. The molecule has 0 aliphatic heterocycles. The second kappa shape index (κ2) is 16.9. The van der Waals surface area contributed by atoms with Gasteiger partial charge in [-0.1, -0.05) is 86.6 Å². The third-order valence-corrected chi connectivity index (χ3v) is 7.63. The number of aliphatic hydroxyl groups excluding tert-OH is 1. The van der Waals surface area contributed by atoms with Crippen LogP contribution in [0.4, 0.5) is 4.79 Å². The maximum Gasteiger partial charge on any atom is 0.408 e. The molecular formula is C35H41N5O7. The molecule has 1 heterocycles. The Bertz CT molecular complexity index is 1620. The highest BCUT2D eigenvalue weighted by Crippen LogP contribution is 2.20. The van der Waals surface area contributed by atoms with Crippen molar-refractivity contribution in [2.45, 2.75) is 70.4 Å². The number of aromatic nitrogens is 2. The molecule has 0 bridgehead atoms. The van der Waals surface area contributed by atoms with E-state index >= 15 is 0 Å². The van der Waals surface area contributed by atoms with E-state index in [2.05, 4.69) is 25.9 Å². The van der Waals surface area contributed by atoms with Crippen molar-refractivity contribution in [3.63, 3.8) is 0 Å². The van der Waals surface area contributed by atoms with Gasteiger partial charge in [0.15, 0.2) is 0 Å². The summed E-state index contributed by atoms with van der Waals surface area (Å²) in [6, 6.07) is 19.3. The zero-order chi connectivity index (χ0) is 33.8. The molecule has 248 valence electrons. The van der Waals surface area contributed by atoms with E-state index in [-0.39, 0.29) is 25.4 Å². The highest BCUT2D eigenvalue weighted by Gasteiger charge is 2.32. The topological polar surface area (TPSA) is 183 Å². The normalized spacial score (nSPS) is 13.7. The number of amides is 3. The van der Waals surface area contributed by atoms with E-state index in [1.165, 1.54) is 6.33 Å². The fourth-order valence-corrected chi connectivity index (χ4v) is 5.32. The molecule has 1 aromatic heterocycles. The predicted octanol–water partition coefficient (Wildman–Crippen LogP) is 3.49. The van der Waals surface area contributed by atoms with Gasteiger partial charge in [-0.15, -0.1) is 0 Å². The molecule has 4 aromatic rings. The lowest BCUT2D eigenvalue weighted by molar-refractivity contribution is -0.140. The molecular weight excluding hydrogens is 602 g/mol. The second-order valence-electron chi connectivity index (χ2n) is 11.8. The minimum Gasteiger partial charge on any atom is -0.481 e. The maximum absolute atomic E-state index is 14.0. The molecule has 12 nitrogen and oxygen atoms in total. The van der Waals surface area contributed by atoms with Crippen LogP contribution < -0.4 is 16.0 Å². The van der Waals surface area contributed by atoms with E-state index in [4.69, 9.17) is 4.74 Å². The van der Waals surface area contributed by atoms with Crippen LogP contribution in [-0.4, -0.2) is 68.3 Å². The number of imidazole rings is 1. The molecule has 3 amide bonds. The van der Waals surface area contributed by atoms with Gasteiger partial charge in [0.05, 0.1) is 30.6 Å². The van der Waals surface area contributed by atoms with Crippen molar-refractivity contribution in [3.8, 4) is 0 Å². The molecule has 0 saturated carbocycles. The van der Waals surface area contributed by atoms with Crippen LogP contribution in [0.15, 0.2) is 85.3 Å². The first kappa shape index (κ1) is 34.6. The molecule has 4 rings (SSSR count). The van der Waals surface area contributed by atoms with E-state index in [1.54, 1.807) is 6.20 Å². The molecule has 2 unspecified atom stereocenters. The Morgan fingerprint density at radius 1 is 0.851 bits per heavy atom. The van der Waals surface area contributed by atoms with Crippen molar-refractivity contribution in [2.24, 2.45) is 5.92 Å².